The van der Waals surface area contributed by atoms with Crippen molar-refractivity contribution in [3.05, 3.63) is 51.9 Å². The van der Waals surface area contributed by atoms with Crippen LogP contribution in [0.2, 0.25) is 0 Å². The molecule has 2 aromatic heterocycles. The van der Waals surface area contributed by atoms with Crippen LogP contribution in [0.4, 0.5) is 0 Å². The Labute approximate surface area is 144 Å². The Hall–Kier alpha value is -2.47. The molecule has 0 aliphatic carbocycles. The predicted molar refractivity (Wildman–Crippen MR) is 101 cm³/mol. The molecule has 3 aromatic rings. The van der Waals surface area contributed by atoms with Gasteiger partial charge in [-0.2, -0.15) is 9.78 Å². The maximum atomic E-state index is 12.8. The van der Waals surface area contributed by atoms with Crippen LogP contribution in [0, 0.1) is 0 Å². The highest BCUT2D eigenvalue weighted by Gasteiger charge is 2.13. The predicted octanol–water partition coefficient (Wildman–Crippen LogP) is 3.60. The third kappa shape index (κ3) is 3.10. The average Bonchev–Trinajstić information content (AvgIpc) is 2.99. The molecule has 0 aliphatic rings. The van der Waals surface area contributed by atoms with Crippen LogP contribution in [0.15, 0.2) is 45.9 Å². The maximum Gasteiger partial charge on any atom is 0.283 e. The molecule has 24 heavy (non-hydrogen) atoms. The minimum absolute atomic E-state index is 0.151. The summed E-state index contributed by atoms with van der Waals surface area (Å²) in [6, 6.07) is 8.36. The Kier molecular flexibility index (Phi) is 4.49. The second kappa shape index (κ2) is 6.57. The maximum absolute atomic E-state index is 12.8. The van der Waals surface area contributed by atoms with Crippen molar-refractivity contribution in [2.24, 2.45) is 5.10 Å². The molecule has 1 aromatic carbocycles. The number of hydrogen-bond donors (Lipinski definition) is 0. The molecular formula is C18H20N4OS. The molecule has 5 nitrogen and oxygen atoms in total. The first-order valence-corrected chi connectivity index (χ1v) is 8.65. The van der Waals surface area contributed by atoms with Gasteiger partial charge in [0.05, 0.1) is 5.39 Å². The molecule has 6 heteroatoms. The molecule has 0 radical (unpaired) electrons. The van der Waals surface area contributed by atoms with Crippen LogP contribution in [0.25, 0.3) is 21.3 Å². The zero-order valence-electron chi connectivity index (χ0n) is 14.2. The van der Waals surface area contributed by atoms with E-state index in [0.717, 1.165) is 16.0 Å². The van der Waals surface area contributed by atoms with Crippen LogP contribution in [-0.2, 0) is 0 Å². The van der Waals surface area contributed by atoms with Gasteiger partial charge in [0.25, 0.3) is 5.56 Å². The van der Waals surface area contributed by atoms with Crippen molar-refractivity contribution >= 4 is 27.9 Å². The molecule has 0 amide bonds. The van der Waals surface area contributed by atoms with Crippen LogP contribution < -0.4 is 5.56 Å². The normalized spacial score (nSPS) is 11.7. The van der Waals surface area contributed by atoms with E-state index in [2.05, 4.69) is 48.2 Å². The van der Waals surface area contributed by atoms with Gasteiger partial charge in [-0.15, -0.1) is 11.3 Å². The van der Waals surface area contributed by atoms with Crippen LogP contribution in [-0.4, -0.2) is 35.0 Å². The molecule has 0 bridgehead atoms. The Balaban J connectivity index is 2.12. The first-order chi connectivity index (χ1) is 11.5. The smallest absolute Gasteiger partial charge is 0.283 e. The van der Waals surface area contributed by atoms with E-state index in [-0.39, 0.29) is 5.56 Å². The van der Waals surface area contributed by atoms with E-state index >= 15 is 0 Å². The van der Waals surface area contributed by atoms with Gasteiger partial charge in [0.2, 0.25) is 0 Å². The Morgan fingerprint density at radius 2 is 1.96 bits per heavy atom. The largest absolute Gasteiger partial charge is 0.367 e. The number of hydrogen-bond acceptors (Lipinski definition) is 4. The number of thiophene rings is 1. The molecule has 0 aliphatic heterocycles. The minimum atomic E-state index is -0.151. The Morgan fingerprint density at radius 1 is 1.25 bits per heavy atom. The zero-order valence-corrected chi connectivity index (χ0v) is 15.0. The molecule has 0 saturated carbocycles. The van der Waals surface area contributed by atoms with E-state index in [9.17, 15) is 4.79 Å². The van der Waals surface area contributed by atoms with Crippen LogP contribution in [0.3, 0.4) is 0 Å². The van der Waals surface area contributed by atoms with Crippen molar-refractivity contribution in [2.45, 2.75) is 19.8 Å². The second-order valence-electron chi connectivity index (χ2n) is 6.20. The summed E-state index contributed by atoms with van der Waals surface area (Å²) in [6.45, 7) is 4.33. The number of nitrogens with zero attached hydrogens (tertiary/aromatic N) is 4. The van der Waals surface area contributed by atoms with Crippen molar-refractivity contribution in [1.29, 1.82) is 0 Å². The van der Waals surface area contributed by atoms with Crippen LogP contribution in [0.5, 0.6) is 0 Å². The first kappa shape index (κ1) is 16.4. The summed E-state index contributed by atoms with van der Waals surface area (Å²) < 4.78 is 1.28. The number of aromatic nitrogens is 2. The molecule has 0 spiro atoms. The molecule has 0 unspecified atom stereocenters. The highest BCUT2D eigenvalue weighted by molar-refractivity contribution is 7.17. The van der Waals surface area contributed by atoms with E-state index in [0.29, 0.717) is 11.3 Å². The van der Waals surface area contributed by atoms with Gasteiger partial charge in [-0.3, -0.25) is 4.79 Å². The molecule has 0 atom stereocenters. The third-order valence-electron chi connectivity index (χ3n) is 3.77. The summed E-state index contributed by atoms with van der Waals surface area (Å²) >= 11 is 1.48. The molecule has 2 heterocycles. The monoisotopic (exact) mass is 340 g/mol. The number of fused-ring (bicyclic) bond motifs is 1. The van der Waals surface area contributed by atoms with E-state index in [1.807, 2.05) is 19.5 Å². The summed E-state index contributed by atoms with van der Waals surface area (Å²) in [5.41, 5.74) is 3.07. The summed E-state index contributed by atoms with van der Waals surface area (Å²) in [4.78, 5) is 19.6. The highest BCUT2D eigenvalue weighted by Crippen LogP contribution is 2.31. The van der Waals surface area contributed by atoms with Gasteiger partial charge in [0.15, 0.2) is 0 Å². The van der Waals surface area contributed by atoms with Gasteiger partial charge in [-0.25, -0.2) is 4.98 Å². The van der Waals surface area contributed by atoms with E-state index in [4.69, 9.17) is 0 Å². The van der Waals surface area contributed by atoms with Crippen molar-refractivity contribution in [3.63, 3.8) is 0 Å². The first-order valence-electron chi connectivity index (χ1n) is 7.77. The minimum Gasteiger partial charge on any atom is -0.367 e. The highest BCUT2D eigenvalue weighted by atomic mass is 32.1. The van der Waals surface area contributed by atoms with E-state index < -0.39 is 0 Å². The van der Waals surface area contributed by atoms with Crippen molar-refractivity contribution in [2.75, 3.05) is 14.1 Å². The lowest BCUT2D eigenvalue weighted by atomic mass is 9.99. The van der Waals surface area contributed by atoms with Gasteiger partial charge < -0.3 is 4.90 Å². The van der Waals surface area contributed by atoms with Gasteiger partial charge in [-0.1, -0.05) is 38.1 Å². The lowest BCUT2D eigenvalue weighted by Crippen LogP contribution is -2.19. The van der Waals surface area contributed by atoms with Crippen LogP contribution in [0.1, 0.15) is 25.3 Å². The van der Waals surface area contributed by atoms with Gasteiger partial charge in [0.1, 0.15) is 17.5 Å². The fourth-order valence-electron chi connectivity index (χ4n) is 2.42. The zero-order chi connectivity index (χ0) is 17.3. The Morgan fingerprint density at radius 3 is 2.58 bits per heavy atom. The molecule has 124 valence electrons. The topological polar surface area (TPSA) is 50.5 Å². The number of rotatable bonds is 4. The summed E-state index contributed by atoms with van der Waals surface area (Å²) in [5, 5.41) is 6.76. The van der Waals surface area contributed by atoms with Crippen molar-refractivity contribution < 1.29 is 0 Å². The van der Waals surface area contributed by atoms with Gasteiger partial charge >= 0.3 is 0 Å². The number of benzene rings is 1. The quantitative estimate of drug-likeness (QED) is 0.538. The SMILES string of the molecule is CC(C)c1ccc(-c2csc3ncn(/N=C/N(C)C)c(=O)c23)cc1. The fourth-order valence-corrected chi connectivity index (χ4v) is 3.33. The standard InChI is InChI=1S/C18H20N4OS/c1-12(2)13-5-7-14(8-6-13)15-9-24-17-16(15)18(23)22(10-19-17)20-11-21(3)4/h5-12H,1-4H3/b20-11+. The van der Waals surface area contributed by atoms with Crippen molar-refractivity contribution in [3.8, 4) is 11.1 Å². The second-order valence-corrected chi connectivity index (χ2v) is 7.05. The molecule has 0 saturated heterocycles. The lowest BCUT2D eigenvalue weighted by molar-refractivity contribution is 0.629. The Bertz CT molecular complexity index is 936. The van der Waals surface area contributed by atoms with Gasteiger partial charge in [0, 0.05) is 25.0 Å². The average molecular weight is 340 g/mol. The van der Waals surface area contributed by atoms with Gasteiger partial charge in [-0.05, 0) is 17.0 Å². The molecular weight excluding hydrogens is 320 g/mol. The molecule has 0 fully saturated rings. The fraction of sp³-hybridized carbons (Fsp3) is 0.278. The summed E-state index contributed by atoms with van der Waals surface area (Å²) in [5.74, 6) is 0.484. The summed E-state index contributed by atoms with van der Waals surface area (Å²) in [6.07, 6.45) is 3.05. The van der Waals surface area contributed by atoms with E-state index in [1.165, 1.54) is 27.9 Å². The lowest BCUT2D eigenvalue weighted by Gasteiger charge is -2.07. The van der Waals surface area contributed by atoms with Crippen molar-refractivity contribution in [1.82, 2.24) is 14.6 Å². The molecule has 3 rings (SSSR count). The van der Waals surface area contributed by atoms with Crippen LogP contribution >= 0.6 is 11.3 Å². The summed E-state index contributed by atoms with van der Waals surface area (Å²) in [7, 11) is 3.71. The molecule has 0 N–H and O–H groups in total. The third-order valence-corrected chi connectivity index (χ3v) is 4.66. The van der Waals surface area contributed by atoms with E-state index in [1.54, 1.807) is 11.2 Å².